The monoisotopic (exact) mass is 238 g/mol. The largest absolute Gasteiger partial charge is 0.481 e. The van der Waals surface area contributed by atoms with E-state index >= 15 is 0 Å². The molecule has 0 spiro atoms. The molecule has 0 fully saturated rings. The summed E-state index contributed by atoms with van der Waals surface area (Å²) in [5.74, 6) is -0.0994. The Kier molecular flexibility index (Phi) is 4.15. The van der Waals surface area contributed by atoms with Gasteiger partial charge in [0, 0.05) is 6.07 Å². The zero-order valence-corrected chi connectivity index (χ0v) is 9.49. The molecule has 0 aromatic heterocycles. The van der Waals surface area contributed by atoms with E-state index in [1.807, 2.05) is 6.07 Å². The minimum absolute atomic E-state index is 0.291. The molecule has 0 aliphatic carbocycles. The van der Waals surface area contributed by atoms with Crippen LogP contribution >= 0.6 is 11.6 Å². The topological polar surface area (TPSA) is 76.1 Å². The second-order valence-electron chi connectivity index (χ2n) is 3.17. The highest BCUT2D eigenvalue weighted by Crippen LogP contribution is 2.23. The number of benzene rings is 1. The summed E-state index contributed by atoms with van der Waals surface area (Å²) in [4.78, 5) is 11.0. The number of hydrogen-bond donors (Lipinski definition) is 1. The molecule has 1 amide bonds. The number of carbonyl (C=O) groups is 1. The lowest BCUT2D eigenvalue weighted by Gasteiger charge is -2.14. The Balaban J connectivity index is 2.87. The first kappa shape index (κ1) is 12.3. The SMILES string of the molecule is CCC(Oc1ccc(C#N)c(Cl)c1)C(N)=O. The predicted molar refractivity (Wildman–Crippen MR) is 60.1 cm³/mol. The Hall–Kier alpha value is -1.73. The Morgan fingerprint density at radius 2 is 2.38 bits per heavy atom. The zero-order valence-electron chi connectivity index (χ0n) is 8.74. The third-order valence-electron chi connectivity index (χ3n) is 2.03. The van der Waals surface area contributed by atoms with Crippen LogP contribution in [-0.4, -0.2) is 12.0 Å². The summed E-state index contributed by atoms with van der Waals surface area (Å²) >= 11 is 5.82. The van der Waals surface area contributed by atoms with Crippen molar-refractivity contribution in [1.82, 2.24) is 0 Å². The van der Waals surface area contributed by atoms with Gasteiger partial charge in [-0.25, -0.2) is 0 Å². The van der Waals surface area contributed by atoms with Gasteiger partial charge in [-0.15, -0.1) is 0 Å². The van der Waals surface area contributed by atoms with Gasteiger partial charge >= 0.3 is 0 Å². The highest BCUT2D eigenvalue weighted by atomic mass is 35.5. The summed E-state index contributed by atoms with van der Waals surface area (Å²) in [5, 5.41) is 8.97. The van der Waals surface area contributed by atoms with E-state index < -0.39 is 12.0 Å². The zero-order chi connectivity index (χ0) is 12.1. The summed E-state index contributed by atoms with van der Waals surface area (Å²) in [6.07, 6.45) is -0.198. The Bertz CT molecular complexity index is 440. The standard InChI is InChI=1S/C11H11ClN2O2/c1-2-10(11(14)15)16-8-4-3-7(6-13)9(12)5-8/h3-5,10H,2H2,1H3,(H2,14,15). The van der Waals surface area contributed by atoms with Crippen molar-refractivity contribution in [3.63, 3.8) is 0 Å². The average molecular weight is 239 g/mol. The van der Waals surface area contributed by atoms with E-state index in [4.69, 9.17) is 27.3 Å². The quantitative estimate of drug-likeness (QED) is 0.870. The van der Waals surface area contributed by atoms with E-state index in [2.05, 4.69) is 0 Å². The van der Waals surface area contributed by atoms with Crippen molar-refractivity contribution in [2.24, 2.45) is 5.73 Å². The number of nitrogens with zero attached hydrogens (tertiary/aromatic N) is 1. The van der Waals surface area contributed by atoms with Crippen LogP contribution in [-0.2, 0) is 4.79 Å². The second kappa shape index (κ2) is 5.38. The number of carbonyl (C=O) groups excluding carboxylic acids is 1. The molecule has 2 N–H and O–H groups in total. The van der Waals surface area contributed by atoms with Crippen LogP contribution < -0.4 is 10.5 Å². The van der Waals surface area contributed by atoms with Crippen LogP contribution in [0.1, 0.15) is 18.9 Å². The summed E-state index contributed by atoms with van der Waals surface area (Å²) < 4.78 is 5.34. The first-order valence-corrected chi connectivity index (χ1v) is 5.12. The number of halogens is 1. The Morgan fingerprint density at radius 3 is 2.81 bits per heavy atom. The number of primary amides is 1. The number of nitrogens with two attached hydrogens (primary N) is 1. The van der Waals surface area contributed by atoms with Gasteiger partial charge in [0.1, 0.15) is 11.8 Å². The molecule has 1 aromatic rings. The molecule has 1 aromatic carbocycles. The van der Waals surface area contributed by atoms with E-state index in [-0.39, 0.29) is 0 Å². The van der Waals surface area contributed by atoms with Crippen LogP contribution in [0.3, 0.4) is 0 Å². The van der Waals surface area contributed by atoms with Gasteiger partial charge in [-0.1, -0.05) is 18.5 Å². The molecule has 5 heteroatoms. The van der Waals surface area contributed by atoms with Gasteiger partial charge in [0.25, 0.3) is 5.91 Å². The van der Waals surface area contributed by atoms with Crippen molar-refractivity contribution in [3.05, 3.63) is 28.8 Å². The maximum absolute atomic E-state index is 11.0. The summed E-state index contributed by atoms with van der Waals surface area (Å²) in [6, 6.07) is 6.54. The van der Waals surface area contributed by atoms with Crippen LogP contribution in [0.4, 0.5) is 0 Å². The van der Waals surface area contributed by atoms with Crippen molar-refractivity contribution >= 4 is 17.5 Å². The molecule has 0 bridgehead atoms. The molecule has 4 nitrogen and oxygen atoms in total. The molecular weight excluding hydrogens is 228 g/mol. The Morgan fingerprint density at radius 1 is 1.69 bits per heavy atom. The number of nitriles is 1. The van der Waals surface area contributed by atoms with Gasteiger partial charge in [-0.2, -0.15) is 5.26 Å². The van der Waals surface area contributed by atoms with Crippen molar-refractivity contribution in [1.29, 1.82) is 5.26 Å². The third-order valence-corrected chi connectivity index (χ3v) is 2.34. The van der Waals surface area contributed by atoms with E-state index in [9.17, 15) is 4.79 Å². The minimum Gasteiger partial charge on any atom is -0.481 e. The fourth-order valence-electron chi connectivity index (χ4n) is 1.17. The summed E-state index contributed by atoms with van der Waals surface area (Å²) in [6.45, 7) is 1.79. The molecule has 0 saturated heterocycles. The fraction of sp³-hybridized carbons (Fsp3) is 0.273. The lowest BCUT2D eigenvalue weighted by Crippen LogP contribution is -2.32. The number of ether oxygens (including phenoxy) is 1. The smallest absolute Gasteiger partial charge is 0.258 e. The van der Waals surface area contributed by atoms with E-state index in [0.29, 0.717) is 22.8 Å². The summed E-state index contributed by atoms with van der Waals surface area (Å²) in [5.41, 5.74) is 5.50. The molecule has 0 aliphatic heterocycles. The molecule has 0 radical (unpaired) electrons. The second-order valence-corrected chi connectivity index (χ2v) is 3.58. The molecule has 1 atom stereocenters. The van der Waals surface area contributed by atoms with Crippen LogP contribution in [0.5, 0.6) is 5.75 Å². The highest BCUT2D eigenvalue weighted by Gasteiger charge is 2.14. The van der Waals surface area contributed by atoms with Crippen LogP contribution in [0, 0.1) is 11.3 Å². The van der Waals surface area contributed by atoms with Crippen molar-refractivity contribution in [2.45, 2.75) is 19.4 Å². The maximum atomic E-state index is 11.0. The third kappa shape index (κ3) is 2.88. The fourth-order valence-corrected chi connectivity index (χ4v) is 1.38. The average Bonchev–Trinajstić information content (AvgIpc) is 2.25. The summed E-state index contributed by atoms with van der Waals surface area (Å²) in [7, 11) is 0. The highest BCUT2D eigenvalue weighted by molar-refractivity contribution is 6.31. The van der Waals surface area contributed by atoms with Gasteiger partial charge in [0.05, 0.1) is 10.6 Å². The predicted octanol–water partition coefficient (Wildman–Crippen LogP) is 1.85. The van der Waals surface area contributed by atoms with Gasteiger partial charge in [-0.05, 0) is 18.6 Å². The van der Waals surface area contributed by atoms with E-state index in [1.54, 1.807) is 13.0 Å². The Labute approximate surface area is 98.6 Å². The molecule has 16 heavy (non-hydrogen) atoms. The van der Waals surface area contributed by atoms with Crippen LogP contribution in [0.25, 0.3) is 0 Å². The van der Waals surface area contributed by atoms with Crippen LogP contribution in [0.15, 0.2) is 18.2 Å². The van der Waals surface area contributed by atoms with E-state index in [1.165, 1.54) is 12.1 Å². The lowest BCUT2D eigenvalue weighted by molar-refractivity contribution is -0.124. The van der Waals surface area contributed by atoms with Gasteiger partial charge in [0.15, 0.2) is 6.10 Å². The van der Waals surface area contributed by atoms with Crippen molar-refractivity contribution in [3.8, 4) is 11.8 Å². The molecule has 84 valence electrons. The molecule has 0 saturated carbocycles. The molecule has 0 aliphatic rings. The molecular formula is C11H11ClN2O2. The first-order chi connectivity index (χ1) is 7.58. The number of amides is 1. The maximum Gasteiger partial charge on any atom is 0.258 e. The number of rotatable bonds is 4. The van der Waals surface area contributed by atoms with E-state index in [0.717, 1.165) is 0 Å². The van der Waals surface area contributed by atoms with Gasteiger partial charge in [0.2, 0.25) is 0 Å². The molecule has 1 rings (SSSR count). The van der Waals surface area contributed by atoms with Crippen LogP contribution in [0.2, 0.25) is 5.02 Å². The minimum atomic E-state index is -0.677. The molecule has 0 heterocycles. The van der Waals surface area contributed by atoms with Crippen molar-refractivity contribution in [2.75, 3.05) is 0 Å². The van der Waals surface area contributed by atoms with Crippen molar-refractivity contribution < 1.29 is 9.53 Å². The number of hydrogen-bond acceptors (Lipinski definition) is 3. The van der Waals surface area contributed by atoms with Gasteiger partial charge in [-0.3, -0.25) is 4.79 Å². The normalized spacial score (nSPS) is 11.6. The molecule has 1 unspecified atom stereocenters. The van der Waals surface area contributed by atoms with Gasteiger partial charge < -0.3 is 10.5 Å². The first-order valence-electron chi connectivity index (χ1n) is 4.74. The lowest BCUT2D eigenvalue weighted by atomic mass is 10.2.